The SMILES string of the molecule is CCC(C)C(=O)OCCC(F)(F)CC(F)(F)CC(C)(F)F. The maximum Gasteiger partial charge on any atom is 0.308 e. The Labute approximate surface area is 119 Å². The van der Waals surface area contributed by atoms with Gasteiger partial charge in [-0.25, -0.2) is 26.3 Å². The lowest BCUT2D eigenvalue weighted by molar-refractivity contribution is -0.162. The van der Waals surface area contributed by atoms with Crippen molar-refractivity contribution in [3.63, 3.8) is 0 Å². The maximum atomic E-state index is 13.3. The summed E-state index contributed by atoms with van der Waals surface area (Å²) in [6.45, 7) is 2.76. The first kappa shape index (κ1) is 20.1. The van der Waals surface area contributed by atoms with Crippen LogP contribution in [-0.4, -0.2) is 30.3 Å². The van der Waals surface area contributed by atoms with Gasteiger partial charge in [0.2, 0.25) is 0 Å². The maximum absolute atomic E-state index is 13.3. The molecule has 126 valence electrons. The van der Waals surface area contributed by atoms with E-state index in [1.165, 1.54) is 6.92 Å². The van der Waals surface area contributed by atoms with Crippen molar-refractivity contribution >= 4 is 5.97 Å². The van der Waals surface area contributed by atoms with Gasteiger partial charge in [-0.15, -0.1) is 0 Å². The minimum absolute atomic E-state index is 0.243. The van der Waals surface area contributed by atoms with Gasteiger partial charge in [-0.1, -0.05) is 13.8 Å². The molecule has 0 fully saturated rings. The monoisotopic (exact) mass is 322 g/mol. The quantitative estimate of drug-likeness (QED) is 0.455. The second kappa shape index (κ2) is 7.35. The van der Waals surface area contributed by atoms with Gasteiger partial charge < -0.3 is 4.74 Å². The Morgan fingerprint density at radius 1 is 1.05 bits per heavy atom. The van der Waals surface area contributed by atoms with Crippen LogP contribution >= 0.6 is 0 Å². The largest absolute Gasteiger partial charge is 0.465 e. The van der Waals surface area contributed by atoms with E-state index in [1.807, 2.05) is 0 Å². The number of alkyl halides is 6. The van der Waals surface area contributed by atoms with Crippen molar-refractivity contribution in [3.8, 4) is 0 Å². The summed E-state index contributed by atoms with van der Waals surface area (Å²) in [5.41, 5.74) is 0. The number of rotatable bonds is 9. The van der Waals surface area contributed by atoms with E-state index < -0.39 is 55.5 Å². The lowest BCUT2D eigenvalue weighted by Gasteiger charge is -2.25. The Balaban J connectivity index is 4.34. The van der Waals surface area contributed by atoms with E-state index >= 15 is 0 Å². The summed E-state index contributed by atoms with van der Waals surface area (Å²) in [7, 11) is 0. The highest BCUT2D eigenvalue weighted by Crippen LogP contribution is 2.39. The highest BCUT2D eigenvalue weighted by Gasteiger charge is 2.47. The Kier molecular flexibility index (Phi) is 7.02. The van der Waals surface area contributed by atoms with Crippen molar-refractivity contribution in [1.82, 2.24) is 0 Å². The van der Waals surface area contributed by atoms with Gasteiger partial charge in [0.15, 0.2) is 0 Å². The van der Waals surface area contributed by atoms with Crippen molar-refractivity contribution in [1.29, 1.82) is 0 Å². The fourth-order valence-corrected chi connectivity index (χ4v) is 1.59. The molecule has 0 aliphatic carbocycles. The third kappa shape index (κ3) is 9.57. The standard InChI is InChI=1S/C13H20F6O2/c1-4-9(2)10(20)21-6-5-12(16,17)8-13(18,19)7-11(3,14)15/h9H,4-8H2,1-3H3. The topological polar surface area (TPSA) is 26.3 Å². The molecule has 0 aromatic carbocycles. The summed E-state index contributed by atoms with van der Waals surface area (Å²) in [5.74, 6) is -13.0. The Bertz CT molecular complexity index is 338. The normalized spacial score (nSPS) is 14.9. The minimum atomic E-state index is -4.19. The van der Waals surface area contributed by atoms with Crippen molar-refractivity contribution in [2.75, 3.05) is 6.61 Å². The molecule has 0 amide bonds. The van der Waals surface area contributed by atoms with Crippen LogP contribution in [0.25, 0.3) is 0 Å². The number of ether oxygens (including phenoxy) is 1. The second-order valence-corrected chi connectivity index (χ2v) is 5.36. The second-order valence-electron chi connectivity index (χ2n) is 5.36. The molecule has 0 radical (unpaired) electrons. The summed E-state index contributed by atoms with van der Waals surface area (Å²) in [5, 5.41) is 0. The van der Waals surface area contributed by atoms with Gasteiger partial charge >= 0.3 is 5.97 Å². The van der Waals surface area contributed by atoms with Crippen LogP contribution in [0.3, 0.4) is 0 Å². The van der Waals surface area contributed by atoms with Crippen LogP contribution in [0, 0.1) is 5.92 Å². The van der Waals surface area contributed by atoms with E-state index in [1.54, 1.807) is 6.92 Å². The number of esters is 1. The van der Waals surface area contributed by atoms with Crippen LogP contribution < -0.4 is 0 Å². The molecule has 0 rings (SSSR count). The first-order valence-corrected chi connectivity index (χ1v) is 6.58. The molecule has 8 heteroatoms. The summed E-state index contributed by atoms with van der Waals surface area (Å²) < 4.78 is 82.4. The fraction of sp³-hybridized carbons (Fsp3) is 0.923. The molecule has 1 unspecified atom stereocenters. The van der Waals surface area contributed by atoms with Crippen molar-refractivity contribution in [3.05, 3.63) is 0 Å². The van der Waals surface area contributed by atoms with Crippen LogP contribution in [0.1, 0.15) is 46.5 Å². The molecule has 0 heterocycles. The smallest absolute Gasteiger partial charge is 0.308 e. The Hall–Kier alpha value is -0.950. The highest BCUT2D eigenvalue weighted by atomic mass is 19.3. The molecular formula is C13H20F6O2. The molecule has 0 N–H and O–H groups in total. The first-order valence-electron chi connectivity index (χ1n) is 6.58. The lowest BCUT2D eigenvalue weighted by Crippen LogP contribution is -2.34. The summed E-state index contributed by atoms with van der Waals surface area (Å²) in [4.78, 5) is 11.2. The molecule has 0 saturated carbocycles. The minimum Gasteiger partial charge on any atom is -0.465 e. The van der Waals surface area contributed by atoms with Crippen LogP contribution in [-0.2, 0) is 9.53 Å². The predicted molar refractivity (Wildman–Crippen MR) is 64.8 cm³/mol. The molecule has 2 nitrogen and oxygen atoms in total. The zero-order chi connectivity index (χ0) is 16.9. The molecule has 0 aliphatic rings. The summed E-state index contributed by atoms with van der Waals surface area (Å²) >= 11 is 0. The average Bonchev–Trinajstić information content (AvgIpc) is 2.22. The third-order valence-electron chi connectivity index (χ3n) is 2.81. The molecule has 0 aromatic heterocycles. The molecule has 21 heavy (non-hydrogen) atoms. The van der Waals surface area contributed by atoms with E-state index in [-0.39, 0.29) is 6.92 Å². The average molecular weight is 322 g/mol. The molecule has 0 spiro atoms. The third-order valence-corrected chi connectivity index (χ3v) is 2.81. The number of hydrogen-bond acceptors (Lipinski definition) is 2. The van der Waals surface area contributed by atoms with Gasteiger partial charge in [0.1, 0.15) is 0 Å². The molecule has 0 saturated heterocycles. The van der Waals surface area contributed by atoms with Gasteiger partial charge in [0, 0.05) is 6.42 Å². The number of halogens is 6. The van der Waals surface area contributed by atoms with Crippen molar-refractivity contribution in [2.24, 2.45) is 5.92 Å². The van der Waals surface area contributed by atoms with Gasteiger partial charge in [-0.05, 0) is 13.3 Å². The van der Waals surface area contributed by atoms with Crippen LogP contribution in [0.15, 0.2) is 0 Å². The van der Waals surface area contributed by atoms with Crippen molar-refractivity contribution < 1.29 is 35.9 Å². The summed E-state index contributed by atoms with van der Waals surface area (Å²) in [6, 6.07) is 0. The fourth-order valence-electron chi connectivity index (χ4n) is 1.59. The predicted octanol–water partition coefficient (Wildman–Crippen LogP) is 4.67. The van der Waals surface area contributed by atoms with Crippen LogP contribution in [0.2, 0.25) is 0 Å². The van der Waals surface area contributed by atoms with E-state index in [0.717, 1.165) is 0 Å². The number of hydrogen-bond donors (Lipinski definition) is 0. The highest BCUT2D eigenvalue weighted by molar-refractivity contribution is 5.71. The van der Waals surface area contributed by atoms with Gasteiger partial charge in [0.05, 0.1) is 25.4 Å². The van der Waals surface area contributed by atoms with Crippen molar-refractivity contribution in [2.45, 2.75) is 64.2 Å². The molecule has 1 atom stereocenters. The van der Waals surface area contributed by atoms with Crippen LogP contribution in [0.4, 0.5) is 26.3 Å². The summed E-state index contributed by atoms with van der Waals surface area (Å²) in [6.07, 6.45) is -4.61. The van der Waals surface area contributed by atoms with Gasteiger partial charge in [0.25, 0.3) is 17.8 Å². The zero-order valence-corrected chi connectivity index (χ0v) is 12.2. The van der Waals surface area contributed by atoms with Gasteiger partial charge in [-0.2, -0.15) is 0 Å². The molecule has 0 aromatic rings. The first-order chi connectivity index (χ1) is 9.28. The van der Waals surface area contributed by atoms with E-state index in [0.29, 0.717) is 6.42 Å². The Morgan fingerprint density at radius 2 is 1.57 bits per heavy atom. The van der Waals surface area contributed by atoms with Gasteiger partial charge in [-0.3, -0.25) is 4.79 Å². The number of carbonyl (C=O) groups excluding carboxylic acids is 1. The number of carbonyl (C=O) groups is 1. The van der Waals surface area contributed by atoms with E-state index in [9.17, 15) is 31.1 Å². The lowest BCUT2D eigenvalue weighted by atomic mass is 10.0. The molecule has 0 aliphatic heterocycles. The molecule has 0 bridgehead atoms. The van der Waals surface area contributed by atoms with Crippen LogP contribution in [0.5, 0.6) is 0 Å². The zero-order valence-electron chi connectivity index (χ0n) is 12.2. The Morgan fingerprint density at radius 3 is 2.00 bits per heavy atom. The van der Waals surface area contributed by atoms with E-state index in [4.69, 9.17) is 0 Å². The van der Waals surface area contributed by atoms with E-state index in [2.05, 4.69) is 4.74 Å². The molecular weight excluding hydrogens is 302 g/mol.